The maximum Gasteiger partial charge on any atom is 2.00 e. The third-order valence-electron chi connectivity index (χ3n) is 0. The Morgan fingerprint density at radius 2 is 0.750 bits per heavy atom. The fourth-order valence-electron chi connectivity index (χ4n) is 0. The van der Waals surface area contributed by atoms with E-state index in [0.717, 1.165) is 0 Å². The van der Waals surface area contributed by atoms with Crippen molar-refractivity contribution in [2.45, 2.75) is 0 Å². The van der Waals surface area contributed by atoms with Gasteiger partial charge in [0.05, 0.1) is 0 Å². The number of hydrogen-bond acceptors (Lipinski definition) is 0. The minimum atomic E-state index is 0. The molecule has 0 aliphatic carbocycles. The second kappa shape index (κ2) is 16.7. The summed E-state index contributed by atoms with van der Waals surface area (Å²) in [7, 11) is 0. The predicted octanol–water partition coefficient (Wildman–Crippen LogP) is -0.00660. The maximum absolute atomic E-state index is 0. The molecule has 0 rings (SSSR count). The third kappa shape index (κ3) is 8.89. The topological polar surface area (TPSA) is 0 Å². The van der Waals surface area contributed by atoms with Crippen LogP contribution in [0.2, 0.25) is 0 Å². The van der Waals surface area contributed by atoms with Gasteiger partial charge in [0.1, 0.15) is 0 Å². The number of halogens is 2. The summed E-state index contributed by atoms with van der Waals surface area (Å²) in [5, 5.41) is 0. The first-order valence-corrected chi connectivity index (χ1v) is 0. The van der Waals surface area contributed by atoms with Crippen molar-refractivity contribution in [3.05, 3.63) is 0 Å². The van der Waals surface area contributed by atoms with Crippen LogP contribution in [0.4, 0.5) is 9.41 Å². The molecule has 4 heavy (non-hydrogen) atoms. The van der Waals surface area contributed by atoms with E-state index in [1.807, 2.05) is 0 Å². The summed E-state index contributed by atoms with van der Waals surface area (Å²) in [5.74, 6) is 0. The van der Waals surface area contributed by atoms with Crippen molar-refractivity contribution < 1.29 is 15.1 Å². The van der Waals surface area contributed by atoms with Gasteiger partial charge in [0.2, 0.25) is 0 Å². The summed E-state index contributed by atoms with van der Waals surface area (Å²) >= 11 is 0. The van der Waals surface area contributed by atoms with Crippen LogP contribution in [-0.2, 0) is 0 Å². The predicted molar refractivity (Wildman–Crippen MR) is 21.0 cm³/mol. The smallest absolute Gasteiger partial charge is 1.00 e. The molecule has 0 aliphatic heterocycles. The largest absolute Gasteiger partial charge is 2.00 e. The molecule has 0 aromatic heterocycles. The Balaban J connectivity index is 0. The van der Waals surface area contributed by atoms with Gasteiger partial charge in [-0.05, 0) is 0 Å². The zero-order valence-corrected chi connectivity index (χ0v) is 11.1. The minimum Gasteiger partial charge on any atom is -1.00 e. The number of hydrogen-bond donors (Lipinski definition) is 0. The van der Waals surface area contributed by atoms with Crippen molar-refractivity contribution in [2.24, 2.45) is 0 Å². The molecule has 0 amide bonds. The van der Waals surface area contributed by atoms with E-state index in [1.165, 1.54) is 0 Å². The van der Waals surface area contributed by atoms with E-state index >= 15 is 0 Å². The Kier molecular flexibility index (Phi) is 117. The molecule has 4 heteroatoms. The molecule has 0 heterocycles. The van der Waals surface area contributed by atoms with Gasteiger partial charge >= 0.3 is 97.8 Å². The van der Waals surface area contributed by atoms with Crippen LogP contribution < -0.4 is 0 Å². The molecule has 0 radical (unpaired) electrons. The monoisotopic (exact) mass is 320 g/mol. The molecular weight excluding hydrogens is 313 g/mol. The van der Waals surface area contributed by atoms with Crippen LogP contribution in [0.15, 0.2) is 0 Å². The molecule has 0 aliphatic rings. The van der Waals surface area contributed by atoms with Gasteiger partial charge in [-0.15, -0.1) is 0 Å². The van der Waals surface area contributed by atoms with E-state index in [9.17, 15) is 0 Å². The molecule has 0 saturated heterocycles. The molecule has 0 unspecified atom stereocenters. The van der Waals surface area contributed by atoms with Gasteiger partial charge in [0, 0.05) is 0 Å². The third-order valence-corrected chi connectivity index (χ3v) is 0. The van der Waals surface area contributed by atoms with Gasteiger partial charge in [0.25, 0.3) is 0 Å². The van der Waals surface area contributed by atoms with Crippen LogP contribution in [0.5, 0.6) is 0 Å². The standard InChI is InChI=1S/2Ba.2FH.4H/h;;2*1H;;;;/q2*+2;;;4*-1. The first-order chi connectivity index (χ1) is 0. The van der Waals surface area contributed by atoms with E-state index in [0.29, 0.717) is 0 Å². The maximum atomic E-state index is 0. The average molecular weight is 319 g/mol. The van der Waals surface area contributed by atoms with Crippen molar-refractivity contribution in [3.8, 4) is 0 Å². The second-order valence-electron chi connectivity index (χ2n) is 0. The van der Waals surface area contributed by atoms with E-state index < -0.39 is 0 Å². The molecule has 0 N–H and O–H groups in total. The molecule has 0 aromatic carbocycles. The van der Waals surface area contributed by atoms with E-state index in [2.05, 4.69) is 0 Å². The van der Waals surface area contributed by atoms with Gasteiger partial charge in [-0.2, -0.15) is 0 Å². The van der Waals surface area contributed by atoms with Crippen molar-refractivity contribution in [2.75, 3.05) is 0 Å². The van der Waals surface area contributed by atoms with Crippen molar-refractivity contribution in [1.82, 2.24) is 0 Å². The zero-order valence-electron chi connectivity index (χ0n) is 6.23. The molecular formula is H6Ba2F2. The van der Waals surface area contributed by atoms with E-state index in [1.54, 1.807) is 0 Å². The van der Waals surface area contributed by atoms with Crippen LogP contribution >= 0.6 is 0 Å². The summed E-state index contributed by atoms with van der Waals surface area (Å²) in [5.41, 5.74) is 0. The Labute approximate surface area is 110 Å². The molecule has 0 atom stereocenters. The molecule has 0 aromatic rings. The Hall–Kier alpha value is 3.00. The summed E-state index contributed by atoms with van der Waals surface area (Å²) in [4.78, 5) is 0. The van der Waals surface area contributed by atoms with Crippen molar-refractivity contribution in [1.29, 1.82) is 0 Å². The molecule has 24 valence electrons. The molecule has 0 bridgehead atoms. The van der Waals surface area contributed by atoms with E-state index in [-0.39, 0.29) is 113 Å². The Bertz CT molecular complexity index is 12.0. The molecule has 0 spiro atoms. The zero-order chi connectivity index (χ0) is 0. The van der Waals surface area contributed by atoms with Gasteiger partial charge in [-0.1, -0.05) is 0 Å². The molecule has 0 fully saturated rings. The quantitative estimate of drug-likeness (QED) is 0.551. The van der Waals surface area contributed by atoms with E-state index in [4.69, 9.17) is 0 Å². The summed E-state index contributed by atoms with van der Waals surface area (Å²) < 4.78 is 0. The number of rotatable bonds is 0. The summed E-state index contributed by atoms with van der Waals surface area (Å²) in [6.07, 6.45) is 0. The van der Waals surface area contributed by atoms with Crippen LogP contribution in [0, 0.1) is 0 Å². The summed E-state index contributed by atoms with van der Waals surface area (Å²) in [6, 6.07) is 0. The SMILES string of the molecule is F.F.[Ba+2].[Ba+2].[H-].[H-].[H-].[H-]. The fraction of sp³-hybridized carbons (Fsp3) is 0. The van der Waals surface area contributed by atoms with Gasteiger partial charge < -0.3 is 5.71 Å². The van der Waals surface area contributed by atoms with Crippen LogP contribution in [0.25, 0.3) is 0 Å². The van der Waals surface area contributed by atoms with Gasteiger partial charge in [0.15, 0.2) is 0 Å². The van der Waals surface area contributed by atoms with Crippen LogP contribution in [0.3, 0.4) is 0 Å². The second-order valence-corrected chi connectivity index (χ2v) is 0. The van der Waals surface area contributed by atoms with Crippen LogP contribution in [-0.4, -0.2) is 97.8 Å². The minimum absolute atomic E-state index is 0. The molecule has 0 nitrogen and oxygen atoms in total. The van der Waals surface area contributed by atoms with Crippen molar-refractivity contribution >= 4 is 97.8 Å². The Morgan fingerprint density at radius 3 is 0.750 bits per heavy atom. The first kappa shape index (κ1) is 28.0. The summed E-state index contributed by atoms with van der Waals surface area (Å²) in [6.45, 7) is 0. The molecule has 0 saturated carbocycles. The van der Waals surface area contributed by atoms with Gasteiger partial charge in [-0.25, -0.2) is 0 Å². The Morgan fingerprint density at radius 1 is 0.750 bits per heavy atom. The first-order valence-electron chi connectivity index (χ1n) is 0. The van der Waals surface area contributed by atoms with Gasteiger partial charge in [-0.3, -0.25) is 9.41 Å². The normalized spacial score (nSPS) is 0. The van der Waals surface area contributed by atoms with Crippen LogP contribution in [0.1, 0.15) is 5.71 Å². The fourth-order valence-corrected chi connectivity index (χ4v) is 0. The van der Waals surface area contributed by atoms with Crippen molar-refractivity contribution in [3.63, 3.8) is 0 Å². The average Bonchev–Trinajstić information content (AvgIpc) is 0.